The Morgan fingerprint density at radius 2 is 1.80 bits per heavy atom. The Balaban J connectivity index is 2.45. The van der Waals surface area contributed by atoms with Gasteiger partial charge in [-0.2, -0.15) is 4.72 Å². The van der Waals surface area contributed by atoms with Gasteiger partial charge in [0.1, 0.15) is 6.04 Å². The molecule has 20 heavy (non-hydrogen) atoms. The molecule has 0 spiro atoms. The van der Waals surface area contributed by atoms with Crippen LogP contribution in [0.15, 0.2) is 47.4 Å². The molecular weight excluding hydrogens is 278 g/mol. The summed E-state index contributed by atoms with van der Waals surface area (Å²) in [6, 6.07) is 11.2. The molecule has 0 aliphatic carbocycles. The molecule has 2 aromatic rings. The summed E-state index contributed by atoms with van der Waals surface area (Å²) in [7, 11) is -2.58. The van der Waals surface area contributed by atoms with E-state index >= 15 is 0 Å². The second-order valence-electron chi connectivity index (χ2n) is 4.34. The van der Waals surface area contributed by atoms with Gasteiger partial charge in [-0.1, -0.05) is 36.4 Å². The first kappa shape index (κ1) is 14.5. The van der Waals surface area contributed by atoms with Gasteiger partial charge in [0.2, 0.25) is 10.0 Å². The van der Waals surface area contributed by atoms with Crippen LogP contribution in [0.2, 0.25) is 0 Å². The fourth-order valence-corrected chi connectivity index (χ4v) is 3.37. The van der Waals surface area contributed by atoms with Gasteiger partial charge in [-0.3, -0.25) is 4.79 Å². The maximum atomic E-state index is 12.4. The summed E-state index contributed by atoms with van der Waals surface area (Å²) < 4.78 is 31.5. The van der Waals surface area contributed by atoms with Gasteiger partial charge in [-0.05, 0) is 18.4 Å². The normalized spacial score (nSPS) is 13.1. The Hall–Kier alpha value is -1.92. The Kier molecular flexibility index (Phi) is 4.06. The largest absolute Gasteiger partial charge is 0.468 e. The van der Waals surface area contributed by atoms with Crippen LogP contribution in [0.3, 0.4) is 0 Å². The molecule has 0 unspecified atom stereocenters. The summed E-state index contributed by atoms with van der Waals surface area (Å²) in [5.41, 5.74) is 0. The molecule has 0 heterocycles. The number of benzene rings is 2. The van der Waals surface area contributed by atoms with E-state index < -0.39 is 22.0 Å². The lowest BCUT2D eigenvalue weighted by Crippen LogP contribution is -2.39. The Labute approximate surface area is 117 Å². The van der Waals surface area contributed by atoms with Gasteiger partial charge in [0.05, 0.1) is 12.0 Å². The molecule has 0 saturated carbocycles. The van der Waals surface area contributed by atoms with E-state index in [2.05, 4.69) is 9.46 Å². The van der Waals surface area contributed by atoms with E-state index in [1.807, 2.05) is 18.2 Å². The highest BCUT2D eigenvalue weighted by Crippen LogP contribution is 2.22. The van der Waals surface area contributed by atoms with Crippen LogP contribution in [0.5, 0.6) is 0 Å². The van der Waals surface area contributed by atoms with E-state index in [4.69, 9.17) is 0 Å². The van der Waals surface area contributed by atoms with Crippen LogP contribution in [0, 0.1) is 0 Å². The molecule has 0 saturated heterocycles. The Bertz CT molecular complexity index is 734. The minimum Gasteiger partial charge on any atom is -0.468 e. The Morgan fingerprint density at radius 1 is 1.15 bits per heavy atom. The highest BCUT2D eigenvalue weighted by atomic mass is 32.2. The molecule has 2 aromatic carbocycles. The van der Waals surface area contributed by atoms with Gasteiger partial charge in [0, 0.05) is 5.39 Å². The standard InChI is InChI=1S/C14H15NO4S/c1-10(14(16)19-2)15-20(17,18)13-9-5-7-11-6-3-4-8-12(11)13/h3-10,15H,1-2H3/t10-/m0/s1. The second-order valence-corrected chi connectivity index (χ2v) is 6.03. The second kappa shape index (κ2) is 5.60. The van der Waals surface area contributed by atoms with E-state index in [0.29, 0.717) is 5.39 Å². The third kappa shape index (κ3) is 2.81. The molecule has 2 rings (SSSR count). The van der Waals surface area contributed by atoms with Crippen molar-refractivity contribution in [2.45, 2.75) is 17.9 Å². The lowest BCUT2D eigenvalue weighted by molar-refractivity contribution is -0.142. The summed E-state index contributed by atoms with van der Waals surface area (Å²) in [5, 5.41) is 1.43. The maximum Gasteiger partial charge on any atom is 0.323 e. The van der Waals surface area contributed by atoms with Crippen molar-refractivity contribution in [1.82, 2.24) is 4.72 Å². The molecule has 0 aliphatic heterocycles. The monoisotopic (exact) mass is 293 g/mol. The number of hydrogen-bond donors (Lipinski definition) is 1. The molecule has 0 aliphatic rings. The van der Waals surface area contributed by atoms with Crippen molar-refractivity contribution in [1.29, 1.82) is 0 Å². The third-order valence-electron chi connectivity index (χ3n) is 2.93. The van der Waals surface area contributed by atoms with Crippen molar-refractivity contribution in [3.05, 3.63) is 42.5 Å². The summed E-state index contributed by atoms with van der Waals surface area (Å²) >= 11 is 0. The molecule has 6 heteroatoms. The predicted molar refractivity (Wildman–Crippen MR) is 75.7 cm³/mol. The van der Waals surface area contributed by atoms with Crippen molar-refractivity contribution in [2.24, 2.45) is 0 Å². The zero-order valence-corrected chi connectivity index (χ0v) is 12.0. The number of esters is 1. The zero-order chi connectivity index (χ0) is 14.8. The van der Waals surface area contributed by atoms with Crippen LogP contribution in [0.25, 0.3) is 10.8 Å². The number of carbonyl (C=O) groups excluding carboxylic acids is 1. The molecule has 1 N–H and O–H groups in total. The number of nitrogens with one attached hydrogen (secondary N) is 1. The molecule has 0 aromatic heterocycles. The SMILES string of the molecule is COC(=O)[C@H](C)NS(=O)(=O)c1cccc2ccccc12. The quantitative estimate of drug-likeness (QED) is 0.871. The average molecular weight is 293 g/mol. The van der Waals surface area contributed by atoms with E-state index in [1.165, 1.54) is 20.1 Å². The fraction of sp³-hybridized carbons (Fsp3) is 0.214. The smallest absolute Gasteiger partial charge is 0.323 e. The van der Waals surface area contributed by atoms with Crippen molar-refractivity contribution in [3.63, 3.8) is 0 Å². The van der Waals surface area contributed by atoms with E-state index in [0.717, 1.165) is 5.39 Å². The molecule has 0 radical (unpaired) electrons. The average Bonchev–Trinajstić information content (AvgIpc) is 2.45. The molecular formula is C14H15NO4S. The molecule has 0 amide bonds. The van der Waals surface area contributed by atoms with E-state index in [-0.39, 0.29) is 4.90 Å². The number of rotatable bonds is 4. The molecule has 106 valence electrons. The first-order chi connectivity index (χ1) is 9.45. The first-order valence-electron chi connectivity index (χ1n) is 6.03. The van der Waals surface area contributed by atoms with Gasteiger partial charge in [0.25, 0.3) is 0 Å². The van der Waals surface area contributed by atoms with Crippen molar-refractivity contribution in [2.75, 3.05) is 7.11 Å². The highest BCUT2D eigenvalue weighted by Gasteiger charge is 2.23. The minimum atomic E-state index is -3.79. The number of sulfonamides is 1. The van der Waals surface area contributed by atoms with Gasteiger partial charge in [0.15, 0.2) is 0 Å². The van der Waals surface area contributed by atoms with Crippen molar-refractivity contribution in [3.8, 4) is 0 Å². The topological polar surface area (TPSA) is 72.5 Å². The van der Waals surface area contributed by atoms with Crippen LogP contribution in [0.1, 0.15) is 6.92 Å². The Morgan fingerprint density at radius 3 is 2.50 bits per heavy atom. The summed E-state index contributed by atoms with van der Waals surface area (Å²) in [6.45, 7) is 1.44. The number of carbonyl (C=O) groups is 1. The summed E-state index contributed by atoms with van der Waals surface area (Å²) in [5.74, 6) is -0.631. The van der Waals surface area contributed by atoms with Crippen LogP contribution in [-0.4, -0.2) is 27.5 Å². The number of fused-ring (bicyclic) bond motifs is 1. The van der Waals surface area contributed by atoms with Crippen molar-refractivity contribution < 1.29 is 17.9 Å². The van der Waals surface area contributed by atoms with Crippen LogP contribution in [-0.2, 0) is 19.6 Å². The minimum absolute atomic E-state index is 0.145. The predicted octanol–water partition coefficient (Wildman–Crippen LogP) is 1.68. The van der Waals surface area contributed by atoms with E-state index in [1.54, 1.807) is 18.2 Å². The van der Waals surface area contributed by atoms with Gasteiger partial charge in [-0.25, -0.2) is 8.42 Å². The van der Waals surface area contributed by atoms with Crippen molar-refractivity contribution >= 4 is 26.8 Å². The van der Waals surface area contributed by atoms with E-state index in [9.17, 15) is 13.2 Å². The number of hydrogen-bond acceptors (Lipinski definition) is 4. The van der Waals surface area contributed by atoms with Gasteiger partial charge < -0.3 is 4.74 Å². The lowest BCUT2D eigenvalue weighted by atomic mass is 10.1. The van der Waals surface area contributed by atoms with Crippen LogP contribution < -0.4 is 4.72 Å². The van der Waals surface area contributed by atoms with Crippen LogP contribution in [0.4, 0.5) is 0 Å². The fourth-order valence-electron chi connectivity index (χ4n) is 1.95. The molecule has 0 fully saturated rings. The zero-order valence-electron chi connectivity index (χ0n) is 11.2. The summed E-state index contributed by atoms with van der Waals surface area (Å²) in [6.07, 6.45) is 0. The maximum absolute atomic E-state index is 12.4. The highest BCUT2D eigenvalue weighted by molar-refractivity contribution is 7.89. The molecule has 1 atom stereocenters. The number of ether oxygens (including phenoxy) is 1. The lowest BCUT2D eigenvalue weighted by Gasteiger charge is -2.13. The first-order valence-corrected chi connectivity index (χ1v) is 7.52. The van der Waals surface area contributed by atoms with Crippen LogP contribution >= 0.6 is 0 Å². The molecule has 5 nitrogen and oxygen atoms in total. The molecule has 0 bridgehead atoms. The third-order valence-corrected chi connectivity index (χ3v) is 4.52. The van der Waals surface area contributed by atoms with Gasteiger partial charge in [-0.15, -0.1) is 0 Å². The van der Waals surface area contributed by atoms with Gasteiger partial charge >= 0.3 is 5.97 Å². The summed E-state index contributed by atoms with van der Waals surface area (Å²) in [4.78, 5) is 11.5. The number of methoxy groups -OCH3 is 1.